The molecule has 0 spiro atoms. The van der Waals surface area contributed by atoms with E-state index in [0.29, 0.717) is 5.56 Å². The van der Waals surface area contributed by atoms with Gasteiger partial charge in [-0.05, 0) is 23.8 Å². The molecule has 1 aromatic rings. The minimum absolute atomic E-state index is 0.203. The van der Waals surface area contributed by atoms with E-state index in [1.807, 2.05) is 0 Å². The molecular formula is C11H8FNO2. The van der Waals surface area contributed by atoms with Crippen LogP contribution in [-0.4, -0.2) is 11.9 Å². The number of halogens is 1. The summed E-state index contributed by atoms with van der Waals surface area (Å²) in [6.07, 6.45) is 1.36. The smallest absolute Gasteiger partial charge is 0.342 e. The molecule has 2 rings (SSSR count). The van der Waals surface area contributed by atoms with E-state index < -0.39 is 12.0 Å². The summed E-state index contributed by atoms with van der Waals surface area (Å²) < 4.78 is 17.5. The van der Waals surface area contributed by atoms with E-state index in [0.717, 1.165) is 0 Å². The summed E-state index contributed by atoms with van der Waals surface area (Å²) in [6.45, 7) is 3.45. The molecule has 0 radical (unpaired) electrons. The summed E-state index contributed by atoms with van der Waals surface area (Å²) >= 11 is 0. The summed E-state index contributed by atoms with van der Waals surface area (Å²) in [5, 5.41) is 0. The Balaban J connectivity index is 2.31. The van der Waals surface area contributed by atoms with E-state index in [1.54, 1.807) is 0 Å². The van der Waals surface area contributed by atoms with Gasteiger partial charge in [0.25, 0.3) is 0 Å². The first-order valence-electron chi connectivity index (χ1n) is 4.38. The van der Waals surface area contributed by atoms with Crippen molar-refractivity contribution in [3.8, 4) is 0 Å². The molecule has 1 aliphatic heterocycles. The second kappa shape index (κ2) is 3.65. The molecule has 1 aromatic carbocycles. The molecule has 4 heteroatoms. The van der Waals surface area contributed by atoms with Gasteiger partial charge in [-0.1, -0.05) is 18.7 Å². The maximum absolute atomic E-state index is 12.6. The number of benzene rings is 1. The highest BCUT2D eigenvalue weighted by atomic mass is 19.1. The lowest BCUT2D eigenvalue weighted by Crippen LogP contribution is -2.07. The molecule has 0 N–H and O–H groups in total. The van der Waals surface area contributed by atoms with Gasteiger partial charge in [0.1, 0.15) is 5.82 Å². The lowest BCUT2D eigenvalue weighted by molar-refractivity contribution is -0.135. The van der Waals surface area contributed by atoms with Gasteiger partial charge in [-0.25, -0.2) is 14.2 Å². The molecule has 76 valence electrons. The highest BCUT2D eigenvalue weighted by Crippen LogP contribution is 2.24. The van der Waals surface area contributed by atoms with Crippen LogP contribution >= 0.6 is 0 Å². The number of carbonyl (C=O) groups excluding carboxylic acids is 1. The largest absolute Gasteiger partial charge is 0.406 e. The lowest BCUT2D eigenvalue weighted by Gasteiger charge is -2.02. The molecule has 0 aromatic heterocycles. The maximum atomic E-state index is 12.6. The Kier molecular flexibility index (Phi) is 2.33. The quantitative estimate of drug-likeness (QED) is 0.692. The molecule has 1 atom stereocenters. The van der Waals surface area contributed by atoms with E-state index in [9.17, 15) is 9.18 Å². The van der Waals surface area contributed by atoms with Crippen molar-refractivity contribution in [1.82, 2.24) is 0 Å². The van der Waals surface area contributed by atoms with E-state index in [-0.39, 0.29) is 11.7 Å². The average Bonchev–Trinajstić information content (AvgIpc) is 2.61. The van der Waals surface area contributed by atoms with Gasteiger partial charge in [-0.15, -0.1) is 0 Å². The molecule has 1 aliphatic rings. The van der Waals surface area contributed by atoms with Crippen LogP contribution in [0, 0.1) is 5.82 Å². The monoisotopic (exact) mass is 205 g/mol. The first-order valence-corrected chi connectivity index (χ1v) is 4.38. The fraction of sp³-hybridized carbons (Fsp3) is 0.0909. The first kappa shape index (κ1) is 9.58. The lowest BCUT2D eigenvalue weighted by atomic mass is 10.1. The Morgan fingerprint density at radius 3 is 2.60 bits per heavy atom. The summed E-state index contributed by atoms with van der Waals surface area (Å²) in [4.78, 5) is 15.3. The number of hydrogen-bond acceptors (Lipinski definition) is 3. The standard InChI is InChI=1S/C11H8FNO2/c1-2-9-13-10(11(14)15-9)7-3-5-8(12)6-4-7/h2-6,10H,1H2. The zero-order chi connectivity index (χ0) is 10.8. The van der Waals surface area contributed by atoms with Crippen molar-refractivity contribution in [1.29, 1.82) is 0 Å². The van der Waals surface area contributed by atoms with Gasteiger partial charge in [0.05, 0.1) is 0 Å². The Labute approximate surface area is 85.9 Å². The minimum atomic E-state index is -0.696. The van der Waals surface area contributed by atoms with Gasteiger partial charge in [-0.3, -0.25) is 0 Å². The third kappa shape index (κ3) is 1.79. The Bertz CT molecular complexity index is 436. The Hall–Kier alpha value is -1.97. The van der Waals surface area contributed by atoms with Crippen molar-refractivity contribution in [2.24, 2.45) is 4.99 Å². The number of rotatable bonds is 2. The number of aliphatic imine (C=N–C) groups is 1. The number of esters is 1. The number of carbonyl (C=O) groups is 1. The highest BCUT2D eigenvalue weighted by Gasteiger charge is 2.28. The molecule has 0 saturated heterocycles. The highest BCUT2D eigenvalue weighted by molar-refractivity contribution is 6.02. The van der Waals surface area contributed by atoms with E-state index in [4.69, 9.17) is 4.74 Å². The molecule has 0 amide bonds. The van der Waals surface area contributed by atoms with Crippen LogP contribution < -0.4 is 0 Å². The van der Waals surface area contributed by atoms with Crippen LogP contribution in [0.15, 0.2) is 41.9 Å². The molecule has 0 fully saturated rings. The van der Waals surface area contributed by atoms with Crippen molar-refractivity contribution >= 4 is 11.9 Å². The van der Waals surface area contributed by atoms with Crippen molar-refractivity contribution in [3.63, 3.8) is 0 Å². The first-order chi connectivity index (χ1) is 7.20. The predicted octanol–water partition coefficient (Wildman–Crippen LogP) is 2.01. The SMILES string of the molecule is C=CC1=NC(c2ccc(F)cc2)C(=O)O1. The summed E-state index contributed by atoms with van der Waals surface area (Å²) in [5.41, 5.74) is 0.609. The third-order valence-corrected chi connectivity index (χ3v) is 2.05. The van der Waals surface area contributed by atoms with E-state index >= 15 is 0 Å². The van der Waals surface area contributed by atoms with Crippen LogP contribution in [0.4, 0.5) is 4.39 Å². The average molecular weight is 205 g/mol. The van der Waals surface area contributed by atoms with Crippen molar-refractivity contribution in [3.05, 3.63) is 48.3 Å². The Morgan fingerprint density at radius 1 is 1.40 bits per heavy atom. The number of nitrogens with zero attached hydrogens (tertiary/aromatic N) is 1. The third-order valence-electron chi connectivity index (χ3n) is 2.05. The van der Waals surface area contributed by atoms with Crippen LogP contribution in [0.5, 0.6) is 0 Å². The summed E-state index contributed by atoms with van der Waals surface area (Å²) in [5.74, 6) is -0.608. The normalized spacial score (nSPS) is 19.7. The predicted molar refractivity (Wildman–Crippen MR) is 52.9 cm³/mol. The van der Waals surface area contributed by atoms with Crippen LogP contribution in [0.1, 0.15) is 11.6 Å². The van der Waals surface area contributed by atoms with Gasteiger partial charge < -0.3 is 4.74 Å². The topological polar surface area (TPSA) is 38.7 Å². The van der Waals surface area contributed by atoms with E-state index in [1.165, 1.54) is 30.3 Å². The van der Waals surface area contributed by atoms with Crippen molar-refractivity contribution < 1.29 is 13.9 Å². The van der Waals surface area contributed by atoms with Gasteiger partial charge in [0.2, 0.25) is 5.90 Å². The molecule has 0 saturated carbocycles. The minimum Gasteiger partial charge on any atom is -0.406 e. The zero-order valence-corrected chi connectivity index (χ0v) is 7.81. The van der Waals surface area contributed by atoms with Crippen molar-refractivity contribution in [2.45, 2.75) is 6.04 Å². The van der Waals surface area contributed by atoms with E-state index in [2.05, 4.69) is 11.6 Å². The summed E-state index contributed by atoms with van der Waals surface area (Å²) in [6, 6.07) is 4.89. The molecular weight excluding hydrogens is 197 g/mol. The molecule has 1 unspecified atom stereocenters. The van der Waals surface area contributed by atoms with Crippen LogP contribution in [0.25, 0.3) is 0 Å². The van der Waals surface area contributed by atoms with Crippen molar-refractivity contribution in [2.75, 3.05) is 0 Å². The fourth-order valence-corrected chi connectivity index (χ4v) is 1.32. The number of hydrogen-bond donors (Lipinski definition) is 0. The second-order valence-electron chi connectivity index (χ2n) is 3.05. The molecule has 3 nitrogen and oxygen atoms in total. The van der Waals surface area contributed by atoms with Crippen LogP contribution in [0.3, 0.4) is 0 Å². The van der Waals surface area contributed by atoms with Gasteiger partial charge in [0, 0.05) is 0 Å². The van der Waals surface area contributed by atoms with Gasteiger partial charge in [-0.2, -0.15) is 0 Å². The van der Waals surface area contributed by atoms with Crippen LogP contribution in [0.2, 0.25) is 0 Å². The fourth-order valence-electron chi connectivity index (χ4n) is 1.32. The summed E-state index contributed by atoms with van der Waals surface area (Å²) in [7, 11) is 0. The van der Waals surface area contributed by atoms with Gasteiger partial charge >= 0.3 is 5.97 Å². The second-order valence-corrected chi connectivity index (χ2v) is 3.05. The molecule has 1 heterocycles. The number of ether oxygens (including phenoxy) is 1. The molecule has 15 heavy (non-hydrogen) atoms. The molecule has 0 bridgehead atoms. The number of cyclic esters (lactones) is 1. The zero-order valence-electron chi connectivity index (χ0n) is 7.81. The van der Waals surface area contributed by atoms with Gasteiger partial charge in [0.15, 0.2) is 6.04 Å². The Morgan fingerprint density at radius 2 is 2.07 bits per heavy atom. The maximum Gasteiger partial charge on any atom is 0.342 e. The van der Waals surface area contributed by atoms with Crippen LogP contribution in [-0.2, 0) is 9.53 Å². The molecule has 0 aliphatic carbocycles.